The van der Waals surface area contributed by atoms with Gasteiger partial charge in [0.1, 0.15) is 11.5 Å². The lowest BCUT2D eigenvalue weighted by Gasteiger charge is -2.46. The summed E-state index contributed by atoms with van der Waals surface area (Å²) in [7, 11) is 0. The highest BCUT2D eigenvalue weighted by molar-refractivity contribution is 7.20. The quantitative estimate of drug-likeness (QED) is 0.0992. The van der Waals surface area contributed by atoms with Gasteiger partial charge in [0.15, 0.2) is 6.54 Å². The first-order valence-electron chi connectivity index (χ1n) is 18.8. The van der Waals surface area contributed by atoms with Crippen LogP contribution >= 0.6 is 11.3 Å². The Bertz CT molecular complexity index is 2410. The zero-order valence-electron chi connectivity index (χ0n) is 34.0. The van der Waals surface area contributed by atoms with Gasteiger partial charge in [-0.2, -0.15) is 127 Å². The summed E-state index contributed by atoms with van der Waals surface area (Å²) in [5.41, 5.74) is -29.2. The third kappa shape index (κ3) is 12.6. The minimum Gasteiger partial charge on any atom is -0.459 e. The van der Waals surface area contributed by atoms with Crippen molar-refractivity contribution in [3.8, 4) is 11.1 Å². The lowest BCUT2D eigenvalue weighted by Crippen LogP contribution is -2.75. The second-order valence-electron chi connectivity index (χ2n) is 15.2. The third-order valence-electron chi connectivity index (χ3n) is 10.4. The fourth-order valence-corrected chi connectivity index (χ4v) is 7.94. The molecule has 6 rings (SSSR count). The maximum atomic E-state index is 14.2. The van der Waals surface area contributed by atoms with Gasteiger partial charge in [0.25, 0.3) is 0 Å². The summed E-state index contributed by atoms with van der Waals surface area (Å²) < 4.78 is 342. The molecule has 0 saturated carbocycles. The van der Waals surface area contributed by atoms with Gasteiger partial charge in [-0.3, -0.25) is 0 Å². The largest absolute Gasteiger partial charge is 0.459 e. The number of rotatable bonds is 6. The Balaban J connectivity index is 0.000000569. The summed E-state index contributed by atoms with van der Waals surface area (Å²) in [5, 5.41) is 20.4. The average molecular weight is 1070 g/mol. The lowest BCUT2D eigenvalue weighted by molar-refractivity contribution is -0.694. The van der Waals surface area contributed by atoms with Crippen molar-refractivity contribution in [2.45, 2.75) is 56.0 Å². The molecule has 0 amide bonds. The molecule has 0 spiro atoms. The van der Waals surface area contributed by atoms with E-state index in [0.717, 1.165) is 16.9 Å². The van der Waals surface area contributed by atoms with Gasteiger partial charge in [0.05, 0.1) is 44.5 Å². The van der Waals surface area contributed by atoms with Crippen LogP contribution in [-0.4, -0.2) is 16.4 Å². The topological polar surface area (TPSA) is 44.3 Å². The predicted octanol–water partition coefficient (Wildman–Crippen LogP) is 12.7. The van der Waals surface area contributed by atoms with Crippen molar-refractivity contribution in [3.05, 3.63) is 159 Å². The SMILES string of the molecule is FC(F)(F)c1cc([B-](c2cc(C(F)(F)F)cc(C(F)(F)F)c2)(c2cc(C(F)(F)F)cc(C(F)(F)F)c2)c2cc(C(F)(F)F)cc(C(F)(F)F)c2)cc(C(F)(F)F)c1.Oc1csc(O)[n+]1Cc1ccccc1. The van der Waals surface area contributed by atoms with Crippen molar-refractivity contribution in [3.63, 3.8) is 0 Å². The predicted molar refractivity (Wildman–Crippen MR) is 203 cm³/mol. The van der Waals surface area contributed by atoms with E-state index in [-0.39, 0.29) is 11.1 Å². The third-order valence-corrected chi connectivity index (χ3v) is 11.2. The summed E-state index contributed by atoms with van der Waals surface area (Å²) >= 11 is 1.12. The van der Waals surface area contributed by atoms with E-state index in [1.807, 2.05) is 30.3 Å². The minimum atomic E-state index is -6.13. The van der Waals surface area contributed by atoms with E-state index in [1.165, 1.54) is 9.95 Å². The van der Waals surface area contributed by atoms with Crippen LogP contribution in [0.2, 0.25) is 0 Å². The molecule has 29 heteroatoms. The first-order chi connectivity index (χ1) is 32.0. The van der Waals surface area contributed by atoms with Gasteiger partial charge in [-0.15, -0.1) is 4.57 Å². The Morgan fingerprint density at radius 1 is 0.352 bits per heavy atom. The molecule has 0 aliphatic carbocycles. The van der Waals surface area contributed by atoms with Gasteiger partial charge in [0, 0.05) is 5.56 Å². The Kier molecular flexibility index (Phi) is 14.7. The summed E-state index contributed by atoms with van der Waals surface area (Å²) in [4.78, 5) is 0. The van der Waals surface area contributed by atoms with Crippen LogP contribution in [0.5, 0.6) is 11.1 Å². The molecule has 0 aliphatic heterocycles. The molecule has 0 radical (unpaired) electrons. The fourth-order valence-electron chi connectivity index (χ4n) is 7.32. The molecule has 5 aromatic carbocycles. The van der Waals surface area contributed by atoms with Crippen molar-refractivity contribution in [1.82, 2.24) is 0 Å². The molecule has 1 aromatic heterocycles. The van der Waals surface area contributed by atoms with Crippen molar-refractivity contribution in [2.75, 3.05) is 0 Å². The van der Waals surface area contributed by atoms with E-state index >= 15 is 0 Å². The maximum absolute atomic E-state index is 14.2. The number of halogens is 24. The Labute approximate surface area is 384 Å². The maximum Gasteiger partial charge on any atom is 0.431 e. The van der Waals surface area contributed by atoms with Gasteiger partial charge >= 0.3 is 60.5 Å². The van der Waals surface area contributed by atoms with E-state index in [0.29, 0.717) is 6.54 Å². The standard InChI is InChI=1S/C32H12BF24.C10H9NO2S/c34-25(35,36)13-1-14(26(37,38)39)6-21(5-13)33(22-7-15(27(40,41)42)2-16(8-22)28(43,44)45,23-9-17(29(46,47)48)3-18(10-23)30(49,50)51)24-11-19(31(52,53)54)4-20(12-24)32(55,56)57;12-9-7-14-10(13)11(9)6-8-4-2-1-3-5-8/h1-12H;1-5,7,12H,6H2/q-1;/p+1. The molecule has 0 fully saturated rings. The molecule has 0 saturated heterocycles. The monoisotopic (exact) mass is 1070 g/mol. The zero-order valence-corrected chi connectivity index (χ0v) is 34.8. The first-order valence-corrected chi connectivity index (χ1v) is 19.7. The Morgan fingerprint density at radius 2 is 0.577 bits per heavy atom. The summed E-state index contributed by atoms with van der Waals surface area (Å²) in [6.45, 7) is 0.488. The van der Waals surface area contributed by atoms with Crippen molar-refractivity contribution < 1.29 is 120 Å². The molecule has 384 valence electrons. The minimum absolute atomic E-state index is 0.0938. The fraction of sp³-hybridized carbons (Fsp3) is 0.214. The summed E-state index contributed by atoms with van der Waals surface area (Å²) in [6, 6.07) is 0.872. The lowest BCUT2D eigenvalue weighted by atomic mass is 9.12. The van der Waals surface area contributed by atoms with Crippen molar-refractivity contribution in [1.29, 1.82) is 0 Å². The van der Waals surface area contributed by atoms with Crippen molar-refractivity contribution >= 4 is 39.3 Å². The van der Waals surface area contributed by atoms with E-state index in [2.05, 4.69) is 0 Å². The van der Waals surface area contributed by atoms with Crippen LogP contribution in [0.4, 0.5) is 105 Å². The number of aromatic nitrogens is 1. The molecule has 71 heavy (non-hydrogen) atoms. The van der Waals surface area contributed by atoms with E-state index in [1.54, 1.807) is 0 Å². The van der Waals surface area contributed by atoms with E-state index in [4.69, 9.17) is 0 Å². The van der Waals surface area contributed by atoms with Crippen molar-refractivity contribution in [2.24, 2.45) is 0 Å². The number of aromatic hydroxyl groups is 2. The van der Waals surface area contributed by atoms with Gasteiger partial charge in [-0.1, -0.05) is 78.9 Å². The molecule has 3 nitrogen and oxygen atoms in total. The van der Waals surface area contributed by atoms with Crippen LogP contribution in [0.1, 0.15) is 50.1 Å². The molecule has 1 heterocycles. The highest BCUT2D eigenvalue weighted by Crippen LogP contribution is 2.41. The average Bonchev–Trinajstić information content (AvgIpc) is 3.54. The van der Waals surface area contributed by atoms with Gasteiger partial charge in [-0.25, -0.2) is 0 Å². The summed E-state index contributed by atoms with van der Waals surface area (Å²) in [6.07, 6.45) is -54.8. The summed E-state index contributed by atoms with van der Waals surface area (Å²) in [5.74, 6) is 0.0938. The molecule has 6 aromatic rings. The van der Waals surface area contributed by atoms with Gasteiger partial charge in [-0.05, 0) is 35.6 Å². The smallest absolute Gasteiger partial charge is 0.431 e. The first kappa shape index (κ1) is 55.6. The molecular formula is C42H22BF24NO2S. The Morgan fingerprint density at radius 3 is 0.761 bits per heavy atom. The van der Waals surface area contributed by atoms with Gasteiger partial charge < -0.3 is 10.2 Å². The number of alkyl halides is 24. The number of thiazole rings is 1. The van der Waals surface area contributed by atoms with Gasteiger partial charge in [0.2, 0.25) is 0 Å². The highest BCUT2D eigenvalue weighted by Gasteiger charge is 2.47. The normalized spacial score (nSPS) is 13.5. The van der Waals surface area contributed by atoms with Crippen LogP contribution in [0.15, 0.2) is 109 Å². The molecule has 0 atom stereocenters. The number of benzene rings is 5. The molecular weight excluding hydrogens is 1050 g/mol. The van der Waals surface area contributed by atoms with Crippen LogP contribution in [0, 0.1) is 0 Å². The number of nitrogens with zero attached hydrogens (tertiary/aromatic N) is 1. The highest BCUT2D eigenvalue weighted by atomic mass is 32.1. The van der Waals surface area contributed by atoms with E-state index < -0.39 is 195 Å². The molecule has 2 N–H and O–H groups in total. The Hall–Kier alpha value is -6.29. The van der Waals surface area contributed by atoms with Crippen LogP contribution in [-0.2, 0) is 56.0 Å². The van der Waals surface area contributed by atoms with Crippen LogP contribution in [0.25, 0.3) is 0 Å². The van der Waals surface area contributed by atoms with E-state index in [9.17, 15) is 116 Å². The van der Waals surface area contributed by atoms with Crippen LogP contribution < -0.4 is 26.4 Å². The molecule has 0 aliphatic rings. The number of hydrogen-bond acceptors (Lipinski definition) is 3. The number of hydrogen-bond donors (Lipinski definition) is 2. The second kappa shape index (κ2) is 18.7. The molecule has 0 bridgehead atoms. The second-order valence-corrected chi connectivity index (χ2v) is 16.0. The molecule has 0 unspecified atom stereocenters. The zero-order chi connectivity index (χ0) is 53.9. The van der Waals surface area contributed by atoms with Crippen LogP contribution in [0.3, 0.4) is 0 Å².